The van der Waals surface area contributed by atoms with Crippen molar-refractivity contribution in [3.8, 4) is 0 Å². The summed E-state index contributed by atoms with van der Waals surface area (Å²) in [5, 5.41) is 11.6. The van der Waals surface area contributed by atoms with E-state index >= 15 is 0 Å². The van der Waals surface area contributed by atoms with Crippen LogP contribution in [-0.2, 0) is 14.3 Å². The molecule has 2 atom stereocenters. The van der Waals surface area contributed by atoms with Gasteiger partial charge in [-0.15, -0.1) is 0 Å². The van der Waals surface area contributed by atoms with Gasteiger partial charge in [0.25, 0.3) is 0 Å². The van der Waals surface area contributed by atoms with Gasteiger partial charge >= 0.3 is 0 Å². The molecule has 0 saturated carbocycles. The van der Waals surface area contributed by atoms with Gasteiger partial charge in [-0.05, 0) is 6.92 Å². The number of carbonyl (C=O) groups excluding carboxylic acids is 2. The number of nitrogens with one attached hydrogen (secondary N) is 1. The van der Waals surface area contributed by atoms with Crippen molar-refractivity contribution in [1.29, 1.82) is 0 Å². The third-order valence-corrected chi connectivity index (χ3v) is 2.51. The van der Waals surface area contributed by atoms with Crippen molar-refractivity contribution in [3.63, 3.8) is 0 Å². The summed E-state index contributed by atoms with van der Waals surface area (Å²) in [6, 6.07) is -0.873. The minimum absolute atomic E-state index is 0.126. The summed E-state index contributed by atoms with van der Waals surface area (Å²) in [6.07, 6.45) is 0. The molecule has 2 N–H and O–H groups in total. The fraction of sp³-hybridized carbons (Fsp3) is 0.800. The van der Waals surface area contributed by atoms with Crippen molar-refractivity contribution in [2.24, 2.45) is 0 Å². The van der Waals surface area contributed by atoms with Crippen LogP contribution in [0.15, 0.2) is 0 Å². The van der Waals surface area contributed by atoms with Gasteiger partial charge in [0.05, 0.1) is 25.9 Å². The highest BCUT2D eigenvalue weighted by Gasteiger charge is 2.29. The number of hydrogen-bond acceptors (Lipinski definition) is 4. The summed E-state index contributed by atoms with van der Waals surface area (Å²) in [7, 11) is 0. The van der Waals surface area contributed by atoms with Crippen LogP contribution < -0.4 is 5.32 Å². The Balaban J connectivity index is 2.59. The van der Waals surface area contributed by atoms with Crippen LogP contribution in [0.5, 0.6) is 0 Å². The smallest absolute Gasteiger partial charge is 0.245 e. The summed E-state index contributed by atoms with van der Waals surface area (Å²) < 4.78 is 5.17. The first kappa shape index (κ1) is 12.9. The number of ether oxygens (including phenoxy) is 1. The summed E-state index contributed by atoms with van der Waals surface area (Å²) in [4.78, 5) is 24.3. The lowest BCUT2D eigenvalue weighted by atomic mass is 10.2. The molecule has 0 aromatic heterocycles. The maximum Gasteiger partial charge on any atom is 0.245 e. The Morgan fingerprint density at radius 3 is 2.88 bits per heavy atom. The highest BCUT2D eigenvalue weighted by Crippen LogP contribution is 2.08. The summed E-state index contributed by atoms with van der Waals surface area (Å²) in [5.74, 6) is -0.424. The van der Waals surface area contributed by atoms with E-state index in [0.717, 1.165) is 0 Å². The predicted octanol–water partition coefficient (Wildman–Crippen LogP) is -1.27. The molecule has 0 aromatic rings. The topological polar surface area (TPSA) is 78.9 Å². The van der Waals surface area contributed by atoms with Gasteiger partial charge in [-0.3, -0.25) is 9.59 Å². The van der Waals surface area contributed by atoms with Gasteiger partial charge < -0.3 is 20.1 Å². The number of carbonyl (C=O) groups is 2. The molecule has 2 unspecified atom stereocenters. The second-order valence-electron chi connectivity index (χ2n) is 3.87. The normalized spacial score (nSPS) is 22.7. The van der Waals surface area contributed by atoms with Gasteiger partial charge in [0, 0.05) is 13.5 Å². The molecule has 16 heavy (non-hydrogen) atoms. The number of rotatable bonds is 3. The second-order valence-corrected chi connectivity index (χ2v) is 3.87. The number of amides is 2. The van der Waals surface area contributed by atoms with E-state index in [1.807, 2.05) is 0 Å². The molecule has 1 saturated heterocycles. The fourth-order valence-electron chi connectivity index (χ4n) is 1.71. The van der Waals surface area contributed by atoms with E-state index in [9.17, 15) is 9.59 Å². The molecule has 0 bridgehead atoms. The molecule has 0 radical (unpaired) electrons. The van der Waals surface area contributed by atoms with E-state index in [4.69, 9.17) is 9.84 Å². The number of aliphatic hydroxyl groups is 1. The first-order chi connectivity index (χ1) is 7.56. The summed E-state index contributed by atoms with van der Waals surface area (Å²) >= 11 is 0. The number of morpholine rings is 1. The average Bonchev–Trinajstić information content (AvgIpc) is 2.27. The van der Waals surface area contributed by atoms with E-state index in [0.29, 0.717) is 19.8 Å². The second kappa shape index (κ2) is 5.81. The van der Waals surface area contributed by atoms with Crippen molar-refractivity contribution in [1.82, 2.24) is 10.2 Å². The zero-order chi connectivity index (χ0) is 12.1. The van der Waals surface area contributed by atoms with E-state index in [2.05, 4.69) is 5.32 Å². The molecule has 0 spiro atoms. The van der Waals surface area contributed by atoms with E-state index in [-0.39, 0.29) is 24.5 Å². The standard InChI is InChI=1S/C10H18N2O4/c1-7(11-8(2)14)10(15)12-3-4-16-6-9(12)5-13/h7,9,13H,3-6H2,1-2H3,(H,11,14). The van der Waals surface area contributed by atoms with Gasteiger partial charge in [0.2, 0.25) is 11.8 Å². The molecule has 0 aromatic carbocycles. The minimum atomic E-state index is -0.565. The summed E-state index contributed by atoms with van der Waals surface area (Å²) in [6.45, 7) is 4.14. The maximum absolute atomic E-state index is 11.9. The van der Waals surface area contributed by atoms with Crippen LogP contribution in [0.1, 0.15) is 13.8 Å². The molecule has 0 aliphatic carbocycles. The van der Waals surface area contributed by atoms with Crippen molar-refractivity contribution in [2.45, 2.75) is 25.9 Å². The quantitative estimate of drug-likeness (QED) is 0.633. The van der Waals surface area contributed by atoms with Crippen molar-refractivity contribution < 1.29 is 19.4 Å². The van der Waals surface area contributed by atoms with Crippen molar-refractivity contribution >= 4 is 11.8 Å². The first-order valence-electron chi connectivity index (χ1n) is 5.32. The zero-order valence-electron chi connectivity index (χ0n) is 9.60. The fourth-order valence-corrected chi connectivity index (χ4v) is 1.71. The minimum Gasteiger partial charge on any atom is -0.394 e. The molecule has 92 valence electrons. The highest BCUT2D eigenvalue weighted by molar-refractivity contribution is 5.86. The van der Waals surface area contributed by atoms with Crippen LogP contribution in [0.4, 0.5) is 0 Å². The van der Waals surface area contributed by atoms with E-state index in [1.165, 1.54) is 6.92 Å². The molecule has 6 heteroatoms. The first-order valence-corrected chi connectivity index (χ1v) is 5.32. The Bertz CT molecular complexity index is 270. The Kier molecular flexibility index (Phi) is 4.70. The Morgan fingerprint density at radius 1 is 1.62 bits per heavy atom. The molecular formula is C10H18N2O4. The highest BCUT2D eigenvalue weighted by atomic mass is 16.5. The van der Waals surface area contributed by atoms with Crippen LogP contribution in [0.25, 0.3) is 0 Å². The van der Waals surface area contributed by atoms with E-state index < -0.39 is 6.04 Å². The molecule has 1 heterocycles. The van der Waals surface area contributed by atoms with Crippen LogP contribution in [0.2, 0.25) is 0 Å². The average molecular weight is 230 g/mol. The van der Waals surface area contributed by atoms with Crippen molar-refractivity contribution in [3.05, 3.63) is 0 Å². The third-order valence-electron chi connectivity index (χ3n) is 2.51. The molecule has 1 aliphatic rings. The third kappa shape index (κ3) is 3.18. The predicted molar refractivity (Wildman–Crippen MR) is 56.7 cm³/mol. The van der Waals surface area contributed by atoms with Gasteiger partial charge in [0.1, 0.15) is 6.04 Å². The summed E-state index contributed by atoms with van der Waals surface area (Å²) in [5.41, 5.74) is 0. The zero-order valence-corrected chi connectivity index (χ0v) is 9.60. The SMILES string of the molecule is CC(=O)NC(C)C(=O)N1CCOCC1CO. The number of hydrogen-bond donors (Lipinski definition) is 2. The van der Waals surface area contributed by atoms with E-state index in [1.54, 1.807) is 11.8 Å². The van der Waals surface area contributed by atoms with Crippen LogP contribution >= 0.6 is 0 Å². The molecule has 1 rings (SSSR count). The van der Waals surface area contributed by atoms with Crippen molar-refractivity contribution in [2.75, 3.05) is 26.4 Å². The lowest BCUT2D eigenvalue weighted by molar-refractivity contribution is -0.144. The van der Waals surface area contributed by atoms with Gasteiger partial charge in [-0.25, -0.2) is 0 Å². The molecular weight excluding hydrogens is 212 g/mol. The maximum atomic E-state index is 11.9. The molecule has 1 fully saturated rings. The molecule has 2 amide bonds. The van der Waals surface area contributed by atoms with Gasteiger partial charge in [0.15, 0.2) is 0 Å². The van der Waals surface area contributed by atoms with Gasteiger partial charge in [-0.1, -0.05) is 0 Å². The lowest BCUT2D eigenvalue weighted by Gasteiger charge is -2.36. The Labute approximate surface area is 94.6 Å². The number of aliphatic hydroxyl groups excluding tert-OH is 1. The Hall–Kier alpha value is -1.14. The largest absolute Gasteiger partial charge is 0.394 e. The monoisotopic (exact) mass is 230 g/mol. The van der Waals surface area contributed by atoms with Crippen LogP contribution in [-0.4, -0.2) is 60.3 Å². The number of nitrogens with zero attached hydrogens (tertiary/aromatic N) is 1. The van der Waals surface area contributed by atoms with Gasteiger partial charge in [-0.2, -0.15) is 0 Å². The molecule has 6 nitrogen and oxygen atoms in total. The Morgan fingerprint density at radius 2 is 2.31 bits per heavy atom. The molecule has 1 aliphatic heterocycles. The van der Waals surface area contributed by atoms with Crippen LogP contribution in [0.3, 0.4) is 0 Å². The lowest BCUT2D eigenvalue weighted by Crippen LogP contribution is -2.56. The van der Waals surface area contributed by atoms with Crippen LogP contribution in [0, 0.1) is 0 Å².